The van der Waals surface area contributed by atoms with Gasteiger partial charge in [0, 0.05) is 11.1 Å². The Kier molecular flexibility index (Phi) is 6.40. The van der Waals surface area contributed by atoms with Crippen LogP contribution in [0.4, 0.5) is 0 Å². The van der Waals surface area contributed by atoms with Crippen LogP contribution in [0, 0.1) is 6.92 Å². The van der Waals surface area contributed by atoms with Crippen molar-refractivity contribution in [3.05, 3.63) is 70.8 Å². The summed E-state index contributed by atoms with van der Waals surface area (Å²) in [7, 11) is 1.25. The molecule has 0 radical (unpaired) electrons. The molecule has 2 aromatic carbocycles. The molecule has 0 heterocycles. The highest BCUT2D eigenvalue weighted by molar-refractivity contribution is 7.80. The van der Waals surface area contributed by atoms with E-state index in [1.165, 1.54) is 25.3 Å². The van der Waals surface area contributed by atoms with Crippen LogP contribution in [0.1, 0.15) is 36.6 Å². The topological polar surface area (TPSA) is 96.5 Å². The van der Waals surface area contributed by atoms with Crippen LogP contribution in [0.25, 0.3) is 0 Å². The van der Waals surface area contributed by atoms with Crippen molar-refractivity contribution in [3.63, 3.8) is 0 Å². The summed E-state index contributed by atoms with van der Waals surface area (Å²) in [5.41, 5.74) is 6.73. The third-order valence-electron chi connectivity index (χ3n) is 3.34. The van der Waals surface area contributed by atoms with E-state index in [4.69, 9.17) is 12.2 Å². The van der Waals surface area contributed by atoms with E-state index in [1.54, 1.807) is 24.3 Å². The number of hydrogen-bond acceptors (Lipinski definition) is 5. The van der Waals surface area contributed by atoms with Crippen molar-refractivity contribution in [2.45, 2.75) is 6.92 Å². The van der Waals surface area contributed by atoms with Crippen molar-refractivity contribution in [3.8, 4) is 0 Å². The third kappa shape index (κ3) is 5.12. The van der Waals surface area contributed by atoms with Gasteiger partial charge in [-0.15, -0.1) is 0 Å². The molecule has 0 aliphatic rings. The van der Waals surface area contributed by atoms with E-state index < -0.39 is 17.8 Å². The lowest BCUT2D eigenvalue weighted by molar-refractivity contribution is 0.0600. The molecule has 8 heteroatoms. The Morgan fingerprint density at radius 1 is 0.885 bits per heavy atom. The molecule has 0 atom stereocenters. The molecule has 2 rings (SSSR count). The normalized spacial score (nSPS) is 9.77. The van der Waals surface area contributed by atoms with Crippen molar-refractivity contribution in [1.29, 1.82) is 0 Å². The van der Waals surface area contributed by atoms with Gasteiger partial charge in [-0.3, -0.25) is 25.8 Å². The monoisotopic (exact) mass is 371 g/mol. The molecule has 0 aliphatic carbocycles. The molecule has 2 amide bonds. The zero-order chi connectivity index (χ0) is 19.1. The Bertz CT molecular complexity index is 867. The smallest absolute Gasteiger partial charge is 0.337 e. The Balaban J connectivity index is 1.92. The van der Waals surface area contributed by atoms with Crippen molar-refractivity contribution >= 4 is 35.1 Å². The quantitative estimate of drug-likeness (QED) is 0.432. The number of thiocarbonyl (C=S) groups is 1. The maximum atomic E-state index is 12.2. The molecule has 3 N–H and O–H groups in total. The van der Waals surface area contributed by atoms with Gasteiger partial charge in [0.2, 0.25) is 0 Å². The Labute approximate surface area is 155 Å². The molecule has 0 saturated heterocycles. The Morgan fingerprint density at radius 3 is 2.15 bits per heavy atom. The number of benzene rings is 2. The van der Waals surface area contributed by atoms with Crippen LogP contribution in [0.2, 0.25) is 0 Å². The first kappa shape index (κ1) is 19.1. The van der Waals surface area contributed by atoms with E-state index >= 15 is 0 Å². The molecular formula is C18H17N3O4S. The Hall–Kier alpha value is -3.26. The second kappa shape index (κ2) is 8.72. The second-order valence-corrected chi connectivity index (χ2v) is 5.71. The number of rotatable bonds is 3. The molecular weight excluding hydrogens is 354 g/mol. The maximum Gasteiger partial charge on any atom is 0.337 e. The lowest BCUT2D eigenvalue weighted by atomic mass is 10.1. The van der Waals surface area contributed by atoms with Crippen LogP contribution in [0.15, 0.2) is 48.5 Å². The van der Waals surface area contributed by atoms with Crippen molar-refractivity contribution < 1.29 is 19.1 Å². The molecule has 2 aromatic rings. The maximum absolute atomic E-state index is 12.2. The average Bonchev–Trinajstić information content (AvgIpc) is 2.65. The van der Waals surface area contributed by atoms with Gasteiger partial charge in [0.05, 0.1) is 12.7 Å². The summed E-state index contributed by atoms with van der Waals surface area (Å²) < 4.78 is 4.61. The predicted octanol–water partition coefficient (Wildman–Crippen LogP) is 1.73. The minimum atomic E-state index is -0.550. The average molecular weight is 371 g/mol. The minimum absolute atomic E-state index is 0.0838. The molecule has 134 valence electrons. The molecule has 0 unspecified atom stereocenters. The van der Waals surface area contributed by atoms with Gasteiger partial charge in [-0.05, 0) is 49.5 Å². The largest absolute Gasteiger partial charge is 0.465 e. The van der Waals surface area contributed by atoms with E-state index in [1.807, 2.05) is 13.0 Å². The molecule has 0 saturated carbocycles. The summed E-state index contributed by atoms with van der Waals surface area (Å²) >= 11 is 4.98. The van der Waals surface area contributed by atoms with E-state index in [9.17, 15) is 14.4 Å². The van der Waals surface area contributed by atoms with Crippen LogP contribution in [-0.4, -0.2) is 30.0 Å². The fourth-order valence-corrected chi connectivity index (χ4v) is 2.23. The van der Waals surface area contributed by atoms with E-state index in [0.717, 1.165) is 5.56 Å². The fourth-order valence-electron chi connectivity index (χ4n) is 2.08. The van der Waals surface area contributed by atoms with Gasteiger partial charge in [-0.25, -0.2) is 4.79 Å². The number of hydrazine groups is 1. The summed E-state index contributed by atoms with van der Waals surface area (Å²) in [6.45, 7) is 1.87. The number of amides is 2. The number of hydrogen-bond donors (Lipinski definition) is 3. The number of esters is 1. The van der Waals surface area contributed by atoms with Crippen LogP contribution >= 0.6 is 12.2 Å². The lowest BCUT2D eigenvalue weighted by Crippen LogP contribution is -2.48. The van der Waals surface area contributed by atoms with Gasteiger partial charge in [-0.1, -0.05) is 23.8 Å². The van der Waals surface area contributed by atoms with Crippen LogP contribution in [0.5, 0.6) is 0 Å². The number of carbonyl (C=O) groups excluding carboxylic acids is 3. The SMILES string of the molecule is COC(=O)c1cccc(C(=O)NC(=S)NNC(=O)c2cccc(C)c2)c1. The number of methoxy groups -OCH3 is 1. The molecule has 0 aliphatic heterocycles. The second-order valence-electron chi connectivity index (χ2n) is 5.30. The summed E-state index contributed by atoms with van der Waals surface area (Å²) in [5, 5.41) is 2.33. The molecule has 0 aromatic heterocycles. The van der Waals surface area contributed by atoms with Crippen LogP contribution in [0.3, 0.4) is 0 Å². The lowest BCUT2D eigenvalue weighted by Gasteiger charge is -2.11. The van der Waals surface area contributed by atoms with Crippen molar-refractivity contribution in [1.82, 2.24) is 16.2 Å². The van der Waals surface area contributed by atoms with Gasteiger partial charge >= 0.3 is 5.97 Å². The first-order valence-corrected chi connectivity index (χ1v) is 7.98. The first-order chi connectivity index (χ1) is 12.4. The third-order valence-corrected chi connectivity index (χ3v) is 3.55. The Morgan fingerprint density at radius 2 is 1.50 bits per heavy atom. The van der Waals surface area contributed by atoms with Crippen molar-refractivity contribution in [2.24, 2.45) is 0 Å². The van der Waals surface area contributed by atoms with E-state index in [-0.39, 0.29) is 16.2 Å². The van der Waals surface area contributed by atoms with Crippen LogP contribution < -0.4 is 16.2 Å². The summed E-state index contributed by atoms with van der Waals surface area (Å²) in [5.74, 6) is -1.47. The zero-order valence-electron chi connectivity index (χ0n) is 14.2. The summed E-state index contributed by atoms with van der Waals surface area (Å²) in [4.78, 5) is 35.7. The van der Waals surface area contributed by atoms with Gasteiger partial charge in [0.1, 0.15) is 0 Å². The number of aryl methyl sites for hydroxylation is 1. The van der Waals surface area contributed by atoms with Gasteiger partial charge in [-0.2, -0.15) is 0 Å². The molecule has 0 fully saturated rings. The minimum Gasteiger partial charge on any atom is -0.465 e. The molecule has 7 nitrogen and oxygen atoms in total. The van der Waals surface area contributed by atoms with Crippen molar-refractivity contribution in [2.75, 3.05) is 7.11 Å². The highest BCUT2D eigenvalue weighted by Gasteiger charge is 2.12. The van der Waals surface area contributed by atoms with E-state index in [2.05, 4.69) is 20.9 Å². The molecule has 0 spiro atoms. The highest BCUT2D eigenvalue weighted by atomic mass is 32.1. The standard InChI is InChI=1S/C18H17N3O4S/c1-11-5-3-6-12(9-11)16(23)20-21-18(26)19-15(22)13-7-4-8-14(10-13)17(24)25-2/h3-10H,1-2H3,(H,20,23)(H2,19,21,22,26). The molecule has 26 heavy (non-hydrogen) atoms. The van der Waals surface area contributed by atoms with Crippen LogP contribution in [-0.2, 0) is 4.74 Å². The van der Waals surface area contributed by atoms with E-state index in [0.29, 0.717) is 5.56 Å². The number of ether oxygens (including phenoxy) is 1. The number of nitrogens with one attached hydrogen (secondary N) is 3. The summed E-state index contributed by atoms with van der Waals surface area (Å²) in [6.07, 6.45) is 0. The molecule has 0 bridgehead atoms. The fraction of sp³-hybridized carbons (Fsp3) is 0.111. The number of carbonyl (C=O) groups is 3. The van der Waals surface area contributed by atoms with Gasteiger partial charge in [0.15, 0.2) is 5.11 Å². The van der Waals surface area contributed by atoms with Gasteiger partial charge < -0.3 is 4.74 Å². The predicted molar refractivity (Wildman–Crippen MR) is 99.6 cm³/mol. The zero-order valence-corrected chi connectivity index (χ0v) is 15.0. The summed E-state index contributed by atoms with van der Waals surface area (Å²) in [6, 6.07) is 13.0. The highest BCUT2D eigenvalue weighted by Crippen LogP contribution is 2.07. The van der Waals surface area contributed by atoms with Gasteiger partial charge in [0.25, 0.3) is 11.8 Å². The first-order valence-electron chi connectivity index (χ1n) is 7.57.